The van der Waals surface area contributed by atoms with E-state index in [9.17, 15) is 9.59 Å². The number of hydrogen-bond donors (Lipinski definition) is 3. The smallest absolute Gasteiger partial charge is 0.309 e. The van der Waals surface area contributed by atoms with E-state index in [2.05, 4.69) is 15.6 Å². The summed E-state index contributed by atoms with van der Waals surface area (Å²) >= 11 is 0. The van der Waals surface area contributed by atoms with Crippen molar-refractivity contribution in [3.05, 3.63) is 24.0 Å². The summed E-state index contributed by atoms with van der Waals surface area (Å²) in [5, 5.41) is 14.0. The van der Waals surface area contributed by atoms with Crippen molar-refractivity contribution in [3.8, 4) is 0 Å². The van der Waals surface area contributed by atoms with Crippen molar-refractivity contribution in [2.45, 2.75) is 19.4 Å². The molecule has 0 aliphatic heterocycles. The molecular formula is C11H15N3O3. The molecule has 0 radical (unpaired) electrons. The number of carboxylic acids is 1. The Hall–Kier alpha value is -1.95. The van der Waals surface area contributed by atoms with Gasteiger partial charge < -0.3 is 15.7 Å². The van der Waals surface area contributed by atoms with Gasteiger partial charge in [0, 0.05) is 0 Å². The highest BCUT2D eigenvalue weighted by molar-refractivity contribution is 5.94. The van der Waals surface area contributed by atoms with E-state index in [0.717, 1.165) is 0 Å². The van der Waals surface area contributed by atoms with Gasteiger partial charge in [0.25, 0.3) is 0 Å². The summed E-state index contributed by atoms with van der Waals surface area (Å²) in [6.07, 6.45) is 1.32. The number of nitrogens with zero attached hydrogens (tertiary/aromatic N) is 1. The Kier molecular flexibility index (Phi) is 4.59. The van der Waals surface area contributed by atoms with Crippen LogP contribution in [-0.2, 0) is 16.0 Å². The molecule has 1 aromatic heterocycles. The molecule has 1 heterocycles. The molecule has 17 heavy (non-hydrogen) atoms. The van der Waals surface area contributed by atoms with E-state index in [0.29, 0.717) is 11.4 Å². The summed E-state index contributed by atoms with van der Waals surface area (Å²) in [5.41, 5.74) is 1.00. The lowest BCUT2D eigenvalue weighted by Crippen LogP contribution is -2.35. The van der Waals surface area contributed by atoms with Crippen LogP contribution < -0.4 is 10.6 Å². The van der Waals surface area contributed by atoms with Crippen molar-refractivity contribution in [3.63, 3.8) is 0 Å². The lowest BCUT2D eigenvalue weighted by atomic mass is 10.2. The molecule has 6 nitrogen and oxygen atoms in total. The average molecular weight is 237 g/mol. The molecule has 6 heteroatoms. The Morgan fingerprint density at radius 2 is 2.18 bits per heavy atom. The highest BCUT2D eigenvalue weighted by atomic mass is 16.4. The van der Waals surface area contributed by atoms with E-state index in [4.69, 9.17) is 5.11 Å². The largest absolute Gasteiger partial charge is 0.481 e. The van der Waals surface area contributed by atoms with Gasteiger partial charge in [-0.2, -0.15) is 0 Å². The topological polar surface area (TPSA) is 91.3 Å². The van der Waals surface area contributed by atoms with Crippen molar-refractivity contribution < 1.29 is 14.7 Å². The highest BCUT2D eigenvalue weighted by Gasteiger charge is 2.10. The summed E-state index contributed by atoms with van der Waals surface area (Å²) < 4.78 is 0. The Balaban J connectivity index is 2.62. The average Bonchev–Trinajstić information content (AvgIpc) is 2.30. The zero-order chi connectivity index (χ0) is 12.8. The van der Waals surface area contributed by atoms with Crippen LogP contribution in [0.3, 0.4) is 0 Å². The number of likely N-dealkylation sites (N-methyl/N-ethyl adjacent to an activating group) is 1. The molecule has 0 saturated carbocycles. The van der Waals surface area contributed by atoms with Crippen LogP contribution in [0.25, 0.3) is 0 Å². The van der Waals surface area contributed by atoms with Gasteiger partial charge in [0.1, 0.15) is 0 Å². The van der Waals surface area contributed by atoms with E-state index in [1.807, 2.05) is 0 Å². The maximum absolute atomic E-state index is 11.5. The van der Waals surface area contributed by atoms with Gasteiger partial charge in [-0.25, -0.2) is 0 Å². The summed E-state index contributed by atoms with van der Waals surface area (Å²) in [7, 11) is 1.69. The molecule has 1 amide bonds. The maximum Gasteiger partial charge on any atom is 0.309 e. The number of rotatable bonds is 5. The molecular weight excluding hydrogens is 222 g/mol. The van der Waals surface area contributed by atoms with Gasteiger partial charge in [0.2, 0.25) is 5.91 Å². The van der Waals surface area contributed by atoms with E-state index >= 15 is 0 Å². The first-order valence-corrected chi connectivity index (χ1v) is 5.17. The monoisotopic (exact) mass is 237 g/mol. The Labute approximate surface area is 99.1 Å². The third-order valence-electron chi connectivity index (χ3n) is 2.25. The maximum atomic E-state index is 11.5. The minimum Gasteiger partial charge on any atom is -0.481 e. The second-order valence-electron chi connectivity index (χ2n) is 3.61. The number of nitrogens with one attached hydrogen (secondary N) is 2. The minimum atomic E-state index is -0.932. The van der Waals surface area contributed by atoms with Gasteiger partial charge in [0.15, 0.2) is 0 Å². The van der Waals surface area contributed by atoms with Gasteiger partial charge >= 0.3 is 5.97 Å². The Bertz CT molecular complexity index is 403. The first kappa shape index (κ1) is 13.1. The molecule has 1 atom stereocenters. The molecule has 0 aliphatic carbocycles. The van der Waals surface area contributed by atoms with Crippen molar-refractivity contribution in [1.82, 2.24) is 10.3 Å². The van der Waals surface area contributed by atoms with Crippen LogP contribution in [0.2, 0.25) is 0 Å². The normalized spacial score (nSPS) is 11.9. The number of carbonyl (C=O) groups excluding carboxylic acids is 1. The molecule has 0 aromatic carbocycles. The third-order valence-corrected chi connectivity index (χ3v) is 2.25. The first-order valence-electron chi connectivity index (χ1n) is 5.17. The van der Waals surface area contributed by atoms with Crippen LogP contribution in [0.15, 0.2) is 18.3 Å². The molecule has 0 fully saturated rings. The third kappa shape index (κ3) is 4.20. The second-order valence-corrected chi connectivity index (χ2v) is 3.61. The first-order chi connectivity index (χ1) is 8.02. The number of amides is 1. The summed E-state index contributed by atoms with van der Waals surface area (Å²) in [6, 6.07) is 2.91. The van der Waals surface area contributed by atoms with E-state index < -0.39 is 5.97 Å². The highest BCUT2D eigenvalue weighted by Crippen LogP contribution is 2.07. The van der Waals surface area contributed by atoms with Gasteiger partial charge in [-0.3, -0.25) is 14.6 Å². The van der Waals surface area contributed by atoms with E-state index in [-0.39, 0.29) is 18.4 Å². The molecule has 1 rings (SSSR count). The molecule has 1 aromatic rings. The minimum absolute atomic E-state index is 0.124. The SMILES string of the molecule is CNC(C)C(=O)Nc1ccc(CC(=O)O)nc1. The molecule has 92 valence electrons. The van der Waals surface area contributed by atoms with E-state index in [1.165, 1.54) is 6.20 Å². The summed E-state index contributed by atoms with van der Waals surface area (Å²) in [5.74, 6) is -1.10. The molecule has 1 unspecified atom stereocenters. The Morgan fingerprint density at radius 1 is 1.47 bits per heavy atom. The molecule has 0 bridgehead atoms. The molecule has 3 N–H and O–H groups in total. The number of aliphatic carboxylic acids is 1. The second kappa shape index (κ2) is 5.95. The van der Waals surface area contributed by atoms with Gasteiger partial charge in [-0.15, -0.1) is 0 Å². The quantitative estimate of drug-likeness (QED) is 0.683. The zero-order valence-electron chi connectivity index (χ0n) is 9.73. The van der Waals surface area contributed by atoms with Crippen molar-refractivity contribution in [2.75, 3.05) is 12.4 Å². The van der Waals surface area contributed by atoms with Crippen molar-refractivity contribution in [2.24, 2.45) is 0 Å². The Morgan fingerprint density at radius 3 is 2.65 bits per heavy atom. The van der Waals surface area contributed by atoms with E-state index in [1.54, 1.807) is 26.1 Å². The zero-order valence-corrected chi connectivity index (χ0v) is 9.73. The predicted molar refractivity (Wildman–Crippen MR) is 62.7 cm³/mol. The summed E-state index contributed by atoms with van der Waals surface area (Å²) in [4.78, 5) is 25.9. The molecule has 0 spiro atoms. The van der Waals surface area contributed by atoms with Crippen molar-refractivity contribution in [1.29, 1.82) is 0 Å². The fourth-order valence-corrected chi connectivity index (χ4v) is 1.14. The number of pyridine rings is 1. The van der Waals surface area contributed by atoms with Gasteiger partial charge in [0.05, 0.1) is 30.0 Å². The fourth-order valence-electron chi connectivity index (χ4n) is 1.14. The van der Waals surface area contributed by atoms with Crippen LogP contribution >= 0.6 is 0 Å². The fraction of sp³-hybridized carbons (Fsp3) is 0.364. The van der Waals surface area contributed by atoms with Crippen LogP contribution in [0, 0.1) is 0 Å². The predicted octanol–water partition coefficient (Wildman–Crippen LogP) is 0.255. The summed E-state index contributed by atoms with van der Waals surface area (Å²) in [6.45, 7) is 1.74. The van der Waals surface area contributed by atoms with Crippen LogP contribution in [0.4, 0.5) is 5.69 Å². The lowest BCUT2D eigenvalue weighted by molar-refractivity contribution is -0.136. The van der Waals surface area contributed by atoms with Crippen LogP contribution in [-0.4, -0.2) is 35.1 Å². The number of anilines is 1. The molecule has 0 saturated heterocycles. The van der Waals surface area contributed by atoms with Crippen LogP contribution in [0.1, 0.15) is 12.6 Å². The van der Waals surface area contributed by atoms with Gasteiger partial charge in [-0.05, 0) is 26.1 Å². The van der Waals surface area contributed by atoms with Gasteiger partial charge in [-0.1, -0.05) is 0 Å². The van der Waals surface area contributed by atoms with Crippen LogP contribution in [0.5, 0.6) is 0 Å². The standard InChI is InChI=1S/C11H15N3O3/c1-7(12-2)11(17)14-9-4-3-8(13-6-9)5-10(15)16/h3-4,6-7,12H,5H2,1-2H3,(H,14,17)(H,15,16). The number of carboxylic acid groups (broad SMARTS) is 1. The van der Waals surface area contributed by atoms with Crippen molar-refractivity contribution >= 4 is 17.6 Å². The number of hydrogen-bond acceptors (Lipinski definition) is 4. The lowest BCUT2D eigenvalue weighted by Gasteiger charge is -2.10. The number of aromatic nitrogens is 1. The number of carbonyl (C=O) groups is 2. The molecule has 0 aliphatic rings.